The fraction of sp³-hybridized carbons (Fsp3) is 0.0800. The van der Waals surface area contributed by atoms with Crippen molar-refractivity contribution in [2.75, 3.05) is 0 Å². The minimum Gasteiger partial charge on any atom is -0.487 e. The maximum Gasteiger partial charge on any atom is 0.238 e. The van der Waals surface area contributed by atoms with Crippen LogP contribution in [0.4, 0.5) is 4.39 Å². The summed E-state index contributed by atoms with van der Waals surface area (Å²) in [7, 11) is -3.90. The highest BCUT2D eigenvalue weighted by Crippen LogP contribution is 2.26. The Morgan fingerprint density at radius 2 is 1.74 bits per heavy atom. The van der Waals surface area contributed by atoms with Gasteiger partial charge in [-0.1, -0.05) is 17.7 Å². The molecule has 2 aromatic carbocycles. The van der Waals surface area contributed by atoms with Gasteiger partial charge in [0, 0.05) is 22.9 Å². The van der Waals surface area contributed by atoms with Crippen LogP contribution in [0.2, 0.25) is 0 Å². The van der Waals surface area contributed by atoms with Crippen LogP contribution in [0.25, 0.3) is 11.3 Å². The van der Waals surface area contributed by atoms with Gasteiger partial charge in [-0.05, 0) is 61.5 Å². The zero-order valence-electron chi connectivity index (χ0n) is 18.1. The molecule has 0 unspecified atom stereocenters. The fourth-order valence-corrected chi connectivity index (χ4v) is 4.00. The first-order valence-electron chi connectivity index (χ1n) is 10.2. The first kappa shape index (κ1) is 23.2. The number of carbonyl (C=O) groups excluding carboxylic acids is 1. The van der Waals surface area contributed by atoms with Gasteiger partial charge in [0.15, 0.2) is 0 Å². The van der Waals surface area contributed by atoms with E-state index >= 15 is 0 Å². The van der Waals surface area contributed by atoms with Gasteiger partial charge in [0.25, 0.3) is 0 Å². The summed E-state index contributed by atoms with van der Waals surface area (Å²) in [5, 5.41) is 5.34. The number of hydrogen-bond donors (Lipinski definition) is 1. The van der Waals surface area contributed by atoms with Crippen LogP contribution in [0, 0.1) is 12.7 Å². The van der Waals surface area contributed by atoms with Gasteiger partial charge in [-0.25, -0.2) is 22.9 Å². The van der Waals surface area contributed by atoms with E-state index in [4.69, 9.17) is 9.88 Å². The third-order valence-corrected chi connectivity index (χ3v) is 5.99. The minimum absolute atomic E-state index is 0.0101. The molecular weight excluding hydrogens is 457 g/mol. The van der Waals surface area contributed by atoms with E-state index in [2.05, 4.69) is 9.97 Å². The molecule has 2 N–H and O–H groups in total. The van der Waals surface area contributed by atoms with Gasteiger partial charge in [-0.2, -0.15) is 0 Å². The van der Waals surface area contributed by atoms with Crippen molar-refractivity contribution >= 4 is 15.8 Å². The molecule has 0 saturated heterocycles. The van der Waals surface area contributed by atoms with Crippen molar-refractivity contribution < 1.29 is 22.3 Å². The predicted octanol–water partition coefficient (Wildman–Crippen LogP) is 4.05. The molecule has 0 saturated carbocycles. The zero-order valence-corrected chi connectivity index (χ0v) is 18.9. The van der Waals surface area contributed by atoms with Crippen molar-refractivity contribution in [3.8, 4) is 17.0 Å². The monoisotopic (exact) mass is 477 g/mol. The third kappa shape index (κ3) is 5.33. The zero-order chi connectivity index (χ0) is 24.3. The smallest absolute Gasteiger partial charge is 0.238 e. The Labute approximate surface area is 196 Å². The molecule has 4 rings (SSSR count). The molecule has 0 aliphatic carbocycles. The van der Waals surface area contributed by atoms with E-state index in [1.807, 2.05) is 6.92 Å². The summed E-state index contributed by atoms with van der Waals surface area (Å²) >= 11 is 0. The lowest BCUT2D eigenvalue weighted by atomic mass is 10.1. The molecule has 2 heterocycles. The van der Waals surface area contributed by atoms with Crippen molar-refractivity contribution in [1.82, 2.24) is 9.97 Å². The number of pyridine rings is 2. The van der Waals surface area contributed by atoms with E-state index in [0.717, 1.165) is 11.1 Å². The van der Waals surface area contributed by atoms with Crippen LogP contribution in [0.15, 0.2) is 84.0 Å². The number of sulfonamides is 1. The molecule has 0 aliphatic rings. The number of primary sulfonamides is 1. The molecule has 4 aromatic rings. The lowest BCUT2D eigenvalue weighted by Crippen LogP contribution is -2.13. The average molecular weight is 478 g/mol. The lowest BCUT2D eigenvalue weighted by molar-refractivity contribution is 0.103. The molecule has 2 aromatic heterocycles. The Morgan fingerprint density at radius 1 is 0.971 bits per heavy atom. The van der Waals surface area contributed by atoms with Gasteiger partial charge in [-0.3, -0.25) is 9.78 Å². The van der Waals surface area contributed by atoms with Gasteiger partial charge in [-0.15, -0.1) is 0 Å². The van der Waals surface area contributed by atoms with Crippen LogP contribution in [0.1, 0.15) is 27.2 Å². The van der Waals surface area contributed by atoms with Crippen molar-refractivity contribution in [3.05, 3.63) is 107 Å². The van der Waals surface area contributed by atoms with Crippen LogP contribution >= 0.6 is 0 Å². The molecule has 9 heteroatoms. The molecule has 0 aliphatic heterocycles. The number of carbonyl (C=O) groups is 1. The largest absolute Gasteiger partial charge is 0.487 e. The average Bonchev–Trinajstić information content (AvgIpc) is 2.82. The Kier molecular flexibility index (Phi) is 6.49. The molecule has 172 valence electrons. The van der Waals surface area contributed by atoms with Crippen LogP contribution in [0.3, 0.4) is 0 Å². The summed E-state index contributed by atoms with van der Waals surface area (Å²) in [6.07, 6.45) is 3.02. The summed E-state index contributed by atoms with van der Waals surface area (Å²) in [5.41, 5.74) is 3.09. The fourth-order valence-electron chi connectivity index (χ4n) is 3.28. The standard InChI is InChI=1S/C25H20FN3O4S/c1-16-2-11-24(34(27,31)32)21(12-16)22-9-3-17(13-28-22)15-33-20-8-10-23(29-14-20)25(30)18-4-6-19(26)7-5-18/h2-14H,15H2,1H3,(H2,27,31,32). The first-order chi connectivity index (χ1) is 16.2. The first-order valence-corrected chi connectivity index (χ1v) is 11.7. The molecular formula is C25H20FN3O4S. The second-order valence-electron chi connectivity index (χ2n) is 7.60. The van der Waals surface area contributed by atoms with E-state index in [1.165, 1.54) is 42.6 Å². The Hall–Kier alpha value is -3.95. The van der Waals surface area contributed by atoms with Gasteiger partial charge in [0.05, 0.1) is 16.8 Å². The van der Waals surface area contributed by atoms with Crippen molar-refractivity contribution in [2.24, 2.45) is 5.14 Å². The number of ketones is 1. The number of rotatable bonds is 7. The quantitative estimate of drug-likeness (QED) is 0.402. The van der Waals surface area contributed by atoms with E-state index in [-0.39, 0.29) is 23.0 Å². The Bertz CT molecular complexity index is 1440. The summed E-state index contributed by atoms with van der Waals surface area (Å²) in [5.74, 6) is -0.282. The topological polar surface area (TPSA) is 112 Å². The Balaban J connectivity index is 1.44. The molecule has 34 heavy (non-hydrogen) atoms. The molecule has 0 spiro atoms. The molecule has 0 fully saturated rings. The van der Waals surface area contributed by atoms with E-state index < -0.39 is 15.8 Å². The summed E-state index contributed by atoms with van der Waals surface area (Å²) < 4.78 is 42.6. The van der Waals surface area contributed by atoms with Gasteiger partial charge >= 0.3 is 0 Å². The van der Waals surface area contributed by atoms with Crippen LogP contribution < -0.4 is 9.88 Å². The van der Waals surface area contributed by atoms with Crippen molar-refractivity contribution in [3.63, 3.8) is 0 Å². The van der Waals surface area contributed by atoms with Crippen LogP contribution in [-0.4, -0.2) is 24.2 Å². The van der Waals surface area contributed by atoms with E-state index in [9.17, 15) is 17.6 Å². The summed E-state index contributed by atoms with van der Waals surface area (Å²) in [6, 6.07) is 16.8. The second-order valence-corrected chi connectivity index (χ2v) is 9.13. The summed E-state index contributed by atoms with van der Waals surface area (Å²) in [6.45, 7) is 2.04. The number of aryl methyl sites for hydroxylation is 1. The Morgan fingerprint density at radius 3 is 2.35 bits per heavy atom. The van der Waals surface area contributed by atoms with Gasteiger partial charge in [0.2, 0.25) is 15.8 Å². The highest BCUT2D eigenvalue weighted by atomic mass is 32.2. The highest BCUT2D eigenvalue weighted by molar-refractivity contribution is 7.89. The second kappa shape index (κ2) is 9.50. The minimum atomic E-state index is -3.90. The van der Waals surface area contributed by atoms with Gasteiger partial charge < -0.3 is 4.74 Å². The molecule has 0 amide bonds. The molecule has 0 atom stereocenters. The van der Waals surface area contributed by atoms with Crippen LogP contribution in [-0.2, 0) is 16.6 Å². The van der Waals surface area contributed by atoms with Crippen molar-refractivity contribution in [2.45, 2.75) is 18.4 Å². The summed E-state index contributed by atoms with van der Waals surface area (Å²) in [4.78, 5) is 20.9. The normalized spacial score (nSPS) is 11.3. The van der Waals surface area contributed by atoms with Gasteiger partial charge in [0.1, 0.15) is 23.9 Å². The predicted molar refractivity (Wildman–Crippen MR) is 124 cm³/mol. The number of hydrogen-bond acceptors (Lipinski definition) is 6. The van der Waals surface area contributed by atoms with Crippen molar-refractivity contribution in [1.29, 1.82) is 0 Å². The maximum atomic E-state index is 13.0. The number of aromatic nitrogens is 2. The molecule has 0 radical (unpaired) electrons. The third-order valence-electron chi connectivity index (χ3n) is 5.02. The number of ether oxygens (including phenoxy) is 1. The molecule has 7 nitrogen and oxygen atoms in total. The molecule has 0 bridgehead atoms. The van der Waals surface area contributed by atoms with E-state index in [1.54, 1.807) is 36.5 Å². The van der Waals surface area contributed by atoms with Crippen LogP contribution in [0.5, 0.6) is 5.75 Å². The maximum absolute atomic E-state index is 13.0. The SMILES string of the molecule is Cc1ccc(S(N)(=O)=O)c(-c2ccc(COc3ccc(C(=O)c4ccc(F)cc4)nc3)cn2)c1. The number of benzene rings is 2. The lowest BCUT2D eigenvalue weighted by Gasteiger charge is -2.10. The number of halogens is 1. The van der Waals surface area contributed by atoms with E-state index in [0.29, 0.717) is 22.6 Å². The highest BCUT2D eigenvalue weighted by Gasteiger charge is 2.16. The number of nitrogens with zero attached hydrogens (tertiary/aromatic N) is 2. The number of nitrogens with two attached hydrogens (primary N) is 1.